The zero-order chi connectivity index (χ0) is 25.0. The summed E-state index contributed by atoms with van der Waals surface area (Å²) in [6.07, 6.45) is 9.14. The van der Waals surface area contributed by atoms with Gasteiger partial charge in [0.15, 0.2) is 0 Å². The summed E-state index contributed by atoms with van der Waals surface area (Å²) >= 11 is 6.06. The molecule has 7 nitrogen and oxygen atoms in total. The number of likely N-dealkylation sites (tertiary alicyclic amines) is 1. The van der Waals surface area contributed by atoms with Crippen molar-refractivity contribution in [1.82, 2.24) is 20.2 Å². The van der Waals surface area contributed by atoms with Gasteiger partial charge in [-0.15, -0.1) is 0 Å². The molecule has 3 heterocycles. The van der Waals surface area contributed by atoms with Gasteiger partial charge in [-0.3, -0.25) is 14.7 Å². The Bertz CT molecular complexity index is 1050. The fraction of sp³-hybridized carbons (Fsp3) is 0.481. The standard InChI is InChI=1S/C27H35ClN5O2/c1-27(2,3)26(34)30-12-5-15-31-14-4-6-23(31)19-32-18-21(16-20-7-9-22(28)10-8-20)24-11-13-29-17-25(24)33(32)35/h7-11,13,17-18,23H,4-6,12,14-16,19H2,1-3H3,(H,30,34)/q-1/t23-/m1/s1. The van der Waals surface area contributed by atoms with Crippen LogP contribution in [0.3, 0.4) is 0 Å². The second-order valence-corrected chi connectivity index (χ2v) is 10.9. The summed E-state index contributed by atoms with van der Waals surface area (Å²) in [6, 6.07) is 10.0. The van der Waals surface area contributed by atoms with E-state index in [9.17, 15) is 10.0 Å². The number of hydrogen-bond acceptors (Lipinski definition) is 6. The average molecular weight is 497 g/mol. The number of pyridine rings is 1. The maximum atomic E-state index is 13.3. The van der Waals surface area contributed by atoms with Crippen molar-refractivity contribution in [3.8, 4) is 0 Å². The molecule has 1 N–H and O–H groups in total. The van der Waals surface area contributed by atoms with Crippen LogP contribution in [0.15, 0.2) is 48.9 Å². The van der Waals surface area contributed by atoms with Gasteiger partial charge in [-0.25, -0.2) is 0 Å². The van der Waals surface area contributed by atoms with Crippen LogP contribution in [0.1, 0.15) is 51.2 Å². The highest BCUT2D eigenvalue weighted by atomic mass is 35.5. The number of amides is 1. The number of nitrogens with one attached hydrogen (secondary N) is 1. The largest absolute Gasteiger partial charge is 0.738 e. The second-order valence-electron chi connectivity index (χ2n) is 10.4. The van der Waals surface area contributed by atoms with Gasteiger partial charge in [0, 0.05) is 47.5 Å². The SMILES string of the molecule is CC(C)(C)C(=O)NCCCN1CCC[C@@H]1CN1C=C(Cc2ccc(Cl)cc2)c2ccncc2N1[O-]. The molecule has 0 saturated carbocycles. The third-order valence-corrected chi connectivity index (χ3v) is 6.94. The van der Waals surface area contributed by atoms with Crippen LogP contribution in [0, 0.1) is 10.6 Å². The molecule has 0 spiro atoms. The third kappa shape index (κ3) is 6.34. The lowest BCUT2D eigenvalue weighted by molar-refractivity contribution is -0.128. The smallest absolute Gasteiger partial charge is 0.225 e. The number of anilines is 1. The number of benzene rings is 1. The fourth-order valence-electron chi connectivity index (χ4n) is 4.70. The molecule has 0 bridgehead atoms. The van der Waals surface area contributed by atoms with Crippen molar-refractivity contribution >= 4 is 28.8 Å². The number of carbonyl (C=O) groups is 1. The average Bonchev–Trinajstić information content (AvgIpc) is 3.27. The Morgan fingerprint density at radius 3 is 2.74 bits per heavy atom. The quantitative estimate of drug-likeness (QED) is 0.525. The van der Waals surface area contributed by atoms with E-state index < -0.39 is 0 Å². The summed E-state index contributed by atoms with van der Waals surface area (Å²) in [5.74, 6) is 0.0800. The summed E-state index contributed by atoms with van der Waals surface area (Å²) in [5.41, 5.74) is 3.35. The Morgan fingerprint density at radius 1 is 1.23 bits per heavy atom. The monoisotopic (exact) mass is 496 g/mol. The zero-order valence-corrected chi connectivity index (χ0v) is 21.6. The van der Waals surface area contributed by atoms with Crippen LogP contribution in [0.5, 0.6) is 0 Å². The molecule has 1 aromatic heterocycles. The molecular formula is C27H35ClN5O2-. The van der Waals surface area contributed by atoms with Gasteiger partial charge >= 0.3 is 0 Å². The first-order valence-electron chi connectivity index (χ1n) is 12.4. The minimum atomic E-state index is -0.372. The van der Waals surface area contributed by atoms with Gasteiger partial charge in [0.2, 0.25) is 5.91 Å². The molecule has 0 unspecified atom stereocenters. The van der Waals surface area contributed by atoms with E-state index in [0.29, 0.717) is 30.2 Å². The number of hydrazine groups is 1. The van der Waals surface area contributed by atoms with Crippen LogP contribution < -0.4 is 10.5 Å². The first-order valence-corrected chi connectivity index (χ1v) is 12.8. The number of aromatic nitrogens is 1. The minimum Gasteiger partial charge on any atom is -0.738 e. The predicted octanol–water partition coefficient (Wildman–Crippen LogP) is 4.87. The van der Waals surface area contributed by atoms with Gasteiger partial charge < -0.3 is 20.7 Å². The molecule has 188 valence electrons. The van der Waals surface area contributed by atoms with Crippen LogP contribution in [-0.4, -0.2) is 53.0 Å². The highest BCUT2D eigenvalue weighted by Crippen LogP contribution is 2.35. The Hall–Kier alpha value is -2.61. The van der Waals surface area contributed by atoms with Gasteiger partial charge in [0.1, 0.15) is 0 Å². The molecule has 1 aromatic carbocycles. The molecule has 8 heteroatoms. The summed E-state index contributed by atoms with van der Waals surface area (Å²) in [5, 5.41) is 19.8. The molecule has 1 saturated heterocycles. The molecule has 2 aliphatic rings. The Kier molecular flexibility index (Phi) is 7.99. The molecule has 4 rings (SSSR count). The number of fused-ring (bicyclic) bond motifs is 1. The van der Waals surface area contributed by atoms with E-state index in [2.05, 4.69) is 15.2 Å². The maximum Gasteiger partial charge on any atom is 0.225 e. The van der Waals surface area contributed by atoms with E-state index in [-0.39, 0.29) is 17.4 Å². The Labute approximate surface area is 213 Å². The molecule has 2 aliphatic heterocycles. The fourth-order valence-corrected chi connectivity index (χ4v) is 4.83. The first-order chi connectivity index (χ1) is 16.7. The number of carbonyl (C=O) groups excluding carboxylic acids is 1. The van der Waals surface area contributed by atoms with Crippen molar-refractivity contribution in [2.24, 2.45) is 5.41 Å². The van der Waals surface area contributed by atoms with Gasteiger partial charge in [0.05, 0.1) is 18.4 Å². The minimum absolute atomic E-state index is 0.0800. The van der Waals surface area contributed by atoms with E-state index in [1.165, 1.54) is 0 Å². The van der Waals surface area contributed by atoms with Crippen molar-refractivity contribution in [3.63, 3.8) is 0 Å². The lowest BCUT2D eigenvalue weighted by Gasteiger charge is -2.47. The summed E-state index contributed by atoms with van der Waals surface area (Å²) < 4.78 is 0. The summed E-state index contributed by atoms with van der Waals surface area (Å²) in [7, 11) is 0. The predicted molar refractivity (Wildman–Crippen MR) is 142 cm³/mol. The lowest BCUT2D eigenvalue weighted by Crippen LogP contribution is -2.46. The molecule has 2 aromatic rings. The molecule has 35 heavy (non-hydrogen) atoms. The van der Waals surface area contributed by atoms with Crippen LogP contribution in [0.25, 0.3) is 5.57 Å². The van der Waals surface area contributed by atoms with Crippen LogP contribution in [-0.2, 0) is 11.2 Å². The zero-order valence-electron chi connectivity index (χ0n) is 20.8. The Morgan fingerprint density at radius 2 is 2.00 bits per heavy atom. The maximum absolute atomic E-state index is 13.3. The van der Waals surface area contributed by atoms with E-state index in [1.807, 2.05) is 57.3 Å². The summed E-state index contributed by atoms with van der Waals surface area (Å²) in [4.78, 5) is 18.8. The number of allylic oxidation sites excluding steroid dienone is 1. The lowest BCUT2D eigenvalue weighted by atomic mass is 9.96. The summed E-state index contributed by atoms with van der Waals surface area (Å²) in [6.45, 7) is 8.99. The number of halogens is 1. The third-order valence-electron chi connectivity index (χ3n) is 6.68. The highest BCUT2D eigenvalue weighted by molar-refractivity contribution is 6.30. The van der Waals surface area contributed by atoms with E-state index in [1.54, 1.807) is 17.4 Å². The van der Waals surface area contributed by atoms with Crippen molar-refractivity contribution in [2.45, 2.75) is 52.5 Å². The molecule has 1 fully saturated rings. The van der Waals surface area contributed by atoms with Gasteiger partial charge in [-0.1, -0.05) is 44.5 Å². The normalized spacial score (nSPS) is 18.4. The molecular weight excluding hydrogens is 462 g/mol. The van der Waals surface area contributed by atoms with Crippen LogP contribution >= 0.6 is 11.6 Å². The van der Waals surface area contributed by atoms with Crippen molar-refractivity contribution < 1.29 is 4.79 Å². The number of rotatable bonds is 8. The number of hydrogen-bond donors (Lipinski definition) is 1. The second kappa shape index (κ2) is 11.0. The molecule has 1 amide bonds. The van der Waals surface area contributed by atoms with E-state index in [4.69, 9.17) is 11.6 Å². The molecule has 1 atom stereocenters. The van der Waals surface area contributed by atoms with Crippen molar-refractivity contribution in [2.75, 3.05) is 31.4 Å². The van der Waals surface area contributed by atoms with Crippen molar-refractivity contribution in [1.29, 1.82) is 0 Å². The van der Waals surface area contributed by atoms with Gasteiger partial charge in [-0.2, -0.15) is 0 Å². The Balaban J connectivity index is 1.42. The van der Waals surface area contributed by atoms with Gasteiger partial charge in [-0.05, 0) is 61.6 Å². The first kappa shape index (κ1) is 25.5. The molecule has 0 aliphatic carbocycles. The van der Waals surface area contributed by atoms with Crippen molar-refractivity contribution in [3.05, 3.63) is 70.3 Å². The molecule has 0 radical (unpaired) electrons. The van der Waals surface area contributed by atoms with E-state index in [0.717, 1.165) is 54.2 Å². The van der Waals surface area contributed by atoms with E-state index >= 15 is 0 Å². The van der Waals surface area contributed by atoms with Gasteiger partial charge in [0.25, 0.3) is 0 Å². The highest BCUT2D eigenvalue weighted by Gasteiger charge is 2.28. The van der Waals surface area contributed by atoms with Crippen LogP contribution in [0.2, 0.25) is 5.02 Å². The van der Waals surface area contributed by atoms with Crippen LogP contribution in [0.4, 0.5) is 5.69 Å². The topological polar surface area (TPSA) is 74.8 Å². The number of nitrogens with zero attached hydrogens (tertiary/aromatic N) is 4.